The standard InChI is InChI=1S/C44H29N/c1-3-11-30(12-4-1)37-27-28-42(41-18-10-9-17-40(37)41)45(35-14-5-2-6-15-35)36-25-26-39-34(29-36)24-23-33-22-21-32-20-19-31-13-7-8-16-38(31)43(32)44(33)39/h1-29H. The van der Waals surface area contributed by atoms with Gasteiger partial charge < -0.3 is 4.90 Å². The van der Waals surface area contributed by atoms with E-state index in [1.54, 1.807) is 0 Å². The highest BCUT2D eigenvalue weighted by Crippen LogP contribution is 2.44. The molecule has 0 saturated carbocycles. The lowest BCUT2D eigenvalue weighted by molar-refractivity contribution is 1.30. The molecule has 1 heteroatoms. The van der Waals surface area contributed by atoms with Crippen LogP contribution in [-0.2, 0) is 0 Å². The molecule has 0 amide bonds. The summed E-state index contributed by atoms with van der Waals surface area (Å²) in [5.41, 5.74) is 5.89. The molecular formula is C44H29N. The minimum absolute atomic E-state index is 1.13. The van der Waals surface area contributed by atoms with Crippen molar-refractivity contribution < 1.29 is 0 Å². The van der Waals surface area contributed by atoms with Crippen LogP contribution in [0.5, 0.6) is 0 Å². The van der Waals surface area contributed by atoms with Crippen LogP contribution in [0.2, 0.25) is 0 Å². The van der Waals surface area contributed by atoms with E-state index in [1.807, 2.05) is 0 Å². The Balaban J connectivity index is 1.30. The van der Waals surface area contributed by atoms with Crippen LogP contribution in [0.25, 0.3) is 65.0 Å². The third-order valence-electron chi connectivity index (χ3n) is 9.19. The summed E-state index contributed by atoms with van der Waals surface area (Å²) < 4.78 is 0. The second-order valence-electron chi connectivity index (χ2n) is 11.7. The fraction of sp³-hybridized carbons (Fsp3) is 0. The molecule has 0 radical (unpaired) electrons. The van der Waals surface area contributed by atoms with Gasteiger partial charge in [-0.1, -0.05) is 146 Å². The molecule has 0 heterocycles. The molecule has 210 valence electrons. The average molecular weight is 572 g/mol. The van der Waals surface area contributed by atoms with Crippen LogP contribution in [0.15, 0.2) is 176 Å². The van der Waals surface area contributed by atoms with Crippen molar-refractivity contribution in [2.45, 2.75) is 0 Å². The van der Waals surface area contributed by atoms with Crippen molar-refractivity contribution in [2.75, 3.05) is 4.90 Å². The van der Waals surface area contributed by atoms with E-state index in [0.29, 0.717) is 0 Å². The van der Waals surface area contributed by atoms with Crippen molar-refractivity contribution >= 4 is 70.9 Å². The van der Waals surface area contributed by atoms with Gasteiger partial charge in [0.05, 0.1) is 5.69 Å². The van der Waals surface area contributed by atoms with Gasteiger partial charge in [0.25, 0.3) is 0 Å². The summed E-state index contributed by atoms with van der Waals surface area (Å²) in [5.74, 6) is 0. The second kappa shape index (κ2) is 10.4. The van der Waals surface area contributed by atoms with Gasteiger partial charge in [-0.2, -0.15) is 0 Å². The maximum atomic E-state index is 2.40. The van der Waals surface area contributed by atoms with Gasteiger partial charge in [-0.15, -0.1) is 0 Å². The number of benzene rings is 9. The molecule has 0 aliphatic rings. The van der Waals surface area contributed by atoms with Gasteiger partial charge in [0, 0.05) is 16.8 Å². The molecule has 0 atom stereocenters. The van der Waals surface area contributed by atoms with Crippen molar-refractivity contribution in [3.63, 3.8) is 0 Å². The number of nitrogens with zero attached hydrogens (tertiary/aromatic N) is 1. The first kappa shape index (κ1) is 25.6. The number of para-hydroxylation sites is 1. The largest absolute Gasteiger partial charge is 0.310 e. The molecule has 1 nitrogen and oxygen atoms in total. The topological polar surface area (TPSA) is 3.24 Å². The lowest BCUT2D eigenvalue weighted by Crippen LogP contribution is -2.10. The van der Waals surface area contributed by atoms with E-state index >= 15 is 0 Å². The molecule has 0 spiro atoms. The minimum atomic E-state index is 1.13. The van der Waals surface area contributed by atoms with Gasteiger partial charge in [-0.05, 0) is 89.9 Å². The lowest BCUT2D eigenvalue weighted by Gasteiger charge is -2.28. The number of rotatable bonds is 4. The van der Waals surface area contributed by atoms with Gasteiger partial charge in [-0.25, -0.2) is 0 Å². The van der Waals surface area contributed by atoms with E-state index in [9.17, 15) is 0 Å². The SMILES string of the molecule is c1ccc(-c2ccc(N(c3ccccc3)c3ccc4c(ccc5ccc6ccc7ccccc7c6c54)c3)c3ccccc23)cc1. The Morgan fingerprint density at radius 3 is 1.60 bits per heavy atom. The van der Waals surface area contributed by atoms with Crippen LogP contribution in [-0.4, -0.2) is 0 Å². The maximum Gasteiger partial charge on any atom is 0.0540 e. The third kappa shape index (κ3) is 4.17. The van der Waals surface area contributed by atoms with E-state index in [-0.39, 0.29) is 0 Å². The smallest absolute Gasteiger partial charge is 0.0540 e. The Bertz CT molecular complexity index is 2530. The molecule has 9 aromatic rings. The number of hydrogen-bond acceptors (Lipinski definition) is 1. The summed E-state index contributed by atoms with van der Waals surface area (Å²) >= 11 is 0. The monoisotopic (exact) mass is 571 g/mol. The van der Waals surface area contributed by atoms with E-state index in [0.717, 1.165) is 17.1 Å². The number of hydrogen-bond donors (Lipinski definition) is 0. The minimum Gasteiger partial charge on any atom is -0.310 e. The zero-order chi connectivity index (χ0) is 29.7. The molecule has 0 aliphatic heterocycles. The molecule has 9 aromatic carbocycles. The quantitative estimate of drug-likeness (QED) is 0.190. The Kier molecular flexibility index (Phi) is 5.89. The first-order chi connectivity index (χ1) is 22.3. The average Bonchev–Trinajstić information content (AvgIpc) is 3.12. The van der Waals surface area contributed by atoms with Crippen LogP contribution in [0.1, 0.15) is 0 Å². The van der Waals surface area contributed by atoms with Gasteiger partial charge in [-0.3, -0.25) is 0 Å². The molecule has 0 aliphatic carbocycles. The predicted molar refractivity (Wildman–Crippen MR) is 194 cm³/mol. The third-order valence-corrected chi connectivity index (χ3v) is 9.19. The van der Waals surface area contributed by atoms with Gasteiger partial charge >= 0.3 is 0 Å². The molecule has 45 heavy (non-hydrogen) atoms. The van der Waals surface area contributed by atoms with Crippen LogP contribution in [0.4, 0.5) is 17.1 Å². The Hall–Kier alpha value is -5.92. The second-order valence-corrected chi connectivity index (χ2v) is 11.7. The maximum absolute atomic E-state index is 2.40. The zero-order valence-corrected chi connectivity index (χ0v) is 24.7. The van der Waals surface area contributed by atoms with Crippen molar-refractivity contribution in [3.05, 3.63) is 176 Å². The molecular weight excluding hydrogens is 542 g/mol. The lowest BCUT2D eigenvalue weighted by atomic mass is 9.92. The number of fused-ring (bicyclic) bond motifs is 8. The Morgan fingerprint density at radius 2 is 0.867 bits per heavy atom. The Labute approximate surface area is 262 Å². The van der Waals surface area contributed by atoms with E-state index in [4.69, 9.17) is 0 Å². The molecule has 0 unspecified atom stereocenters. The fourth-order valence-corrected chi connectivity index (χ4v) is 7.13. The summed E-state index contributed by atoms with van der Waals surface area (Å²) in [7, 11) is 0. The first-order valence-corrected chi connectivity index (χ1v) is 15.5. The molecule has 9 rings (SSSR count). The van der Waals surface area contributed by atoms with Crippen LogP contribution in [0, 0.1) is 0 Å². The highest BCUT2D eigenvalue weighted by molar-refractivity contribution is 6.27. The highest BCUT2D eigenvalue weighted by Gasteiger charge is 2.18. The first-order valence-electron chi connectivity index (χ1n) is 15.5. The fourth-order valence-electron chi connectivity index (χ4n) is 7.13. The summed E-state index contributed by atoms with van der Waals surface area (Å²) in [4.78, 5) is 2.40. The molecule has 0 N–H and O–H groups in total. The van der Waals surface area contributed by atoms with Crippen molar-refractivity contribution in [2.24, 2.45) is 0 Å². The predicted octanol–water partition coefficient (Wildman–Crippen LogP) is 12.6. The molecule has 0 aromatic heterocycles. The number of anilines is 3. The van der Waals surface area contributed by atoms with Gasteiger partial charge in [0.15, 0.2) is 0 Å². The van der Waals surface area contributed by atoms with Crippen LogP contribution < -0.4 is 4.90 Å². The van der Waals surface area contributed by atoms with Gasteiger partial charge in [0.2, 0.25) is 0 Å². The highest BCUT2D eigenvalue weighted by atomic mass is 15.1. The summed E-state index contributed by atoms with van der Waals surface area (Å²) in [6, 6.07) is 64.0. The summed E-state index contributed by atoms with van der Waals surface area (Å²) in [6.07, 6.45) is 0. The van der Waals surface area contributed by atoms with Crippen molar-refractivity contribution in [1.29, 1.82) is 0 Å². The molecule has 0 bridgehead atoms. The van der Waals surface area contributed by atoms with E-state index in [1.165, 1.54) is 65.0 Å². The normalized spacial score (nSPS) is 11.6. The van der Waals surface area contributed by atoms with Crippen LogP contribution in [0.3, 0.4) is 0 Å². The van der Waals surface area contributed by atoms with E-state index in [2.05, 4.69) is 181 Å². The van der Waals surface area contributed by atoms with Crippen molar-refractivity contribution in [3.8, 4) is 11.1 Å². The summed E-state index contributed by atoms with van der Waals surface area (Å²) in [6.45, 7) is 0. The Morgan fingerprint density at radius 1 is 0.311 bits per heavy atom. The summed E-state index contributed by atoms with van der Waals surface area (Å²) in [5, 5.41) is 12.7. The molecule has 0 saturated heterocycles. The van der Waals surface area contributed by atoms with E-state index < -0.39 is 0 Å². The molecule has 0 fully saturated rings. The van der Waals surface area contributed by atoms with Gasteiger partial charge in [0.1, 0.15) is 0 Å². The van der Waals surface area contributed by atoms with Crippen molar-refractivity contribution in [1.82, 2.24) is 0 Å². The zero-order valence-electron chi connectivity index (χ0n) is 24.7. The van der Waals surface area contributed by atoms with Crippen LogP contribution >= 0.6 is 0 Å².